The molecule has 4 nitrogen and oxygen atoms in total. The number of carboxylic acids is 1. The molecule has 0 radical (unpaired) electrons. The summed E-state index contributed by atoms with van der Waals surface area (Å²) in [7, 11) is 2.10. The standard InChI is InChI=1S/C14H26N2O2/c1-3-16(2)10-8-11-5-4-9-14(11,13(17)18)15-12-6-7-12/h11-12,15H,3-10H2,1-2H3,(H,17,18). The second-order valence-electron chi connectivity index (χ2n) is 5.97. The lowest BCUT2D eigenvalue weighted by Gasteiger charge is -2.33. The molecule has 0 aromatic heterocycles. The number of hydrogen-bond acceptors (Lipinski definition) is 3. The van der Waals surface area contributed by atoms with Crippen LogP contribution in [0.4, 0.5) is 0 Å². The summed E-state index contributed by atoms with van der Waals surface area (Å²) in [5.74, 6) is -0.333. The van der Waals surface area contributed by atoms with Gasteiger partial charge in [-0.05, 0) is 58.2 Å². The third-order valence-electron chi connectivity index (χ3n) is 4.64. The Morgan fingerprint density at radius 2 is 2.17 bits per heavy atom. The highest BCUT2D eigenvalue weighted by Crippen LogP contribution is 2.40. The zero-order valence-electron chi connectivity index (χ0n) is 11.6. The van der Waals surface area contributed by atoms with Gasteiger partial charge in [-0.2, -0.15) is 0 Å². The van der Waals surface area contributed by atoms with Crippen molar-refractivity contribution in [2.24, 2.45) is 5.92 Å². The van der Waals surface area contributed by atoms with Gasteiger partial charge in [0.05, 0.1) is 0 Å². The number of carbonyl (C=O) groups is 1. The molecule has 2 aliphatic rings. The Labute approximate surface area is 110 Å². The van der Waals surface area contributed by atoms with Crippen LogP contribution in [-0.2, 0) is 4.79 Å². The summed E-state index contributed by atoms with van der Waals surface area (Å²) >= 11 is 0. The molecule has 0 aromatic carbocycles. The summed E-state index contributed by atoms with van der Waals surface area (Å²) in [6.07, 6.45) is 6.21. The van der Waals surface area contributed by atoms with Crippen LogP contribution in [0.3, 0.4) is 0 Å². The fourth-order valence-corrected chi connectivity index (χ4v) is 3.13. The van der Waals surface area contributed by atoms with Crippen LogP contribution in [0.2, 0.25) is 0 Å². The first-order valence-corrected chi connectivity index (χ1v) is 7.28. The molecule has 2 atom stereocenters. The van der Waals surface area contributed by atoms with Gasteiger partial charge in [0.15, 0.2) is 0 Å². The van der Waals surface area contributed by atoms with Crippen molar-refractivity contribution in [2.75, 3.05) is 20.1 Å². The van der Waals surface area contributed by atoms with E-state index < -0.39 is 11.5 Å². The summed E-state index contributed by atoms with van der Waals surface area (Å²) in [4.78, 5) is 14.0. The van der Waals surface area contributed by atoms with Gasteiger partial charge in [-0.25, -0.2) is 0 Å². The molecule has 2 fully saturated rings. The molecule has 2 unspecified atom stereocenters. The lowest BCUT2D eigenvalue weighted by molar-refractivity contribution is -0.147. The quantitative estimate of drug-likeness (QED) is 0.726. The van der Waals surface area contributed by atoms with E-state index in [1.165, 1.54) is 0 Å². The number of aliphatic carboxylic acids is 1. The fourth-order valence-electron chi connectivity index (χ4n) is 3.13. The molecule has 0 heterocycles. The molecule has 2 aliphatic carbocycles. The van der Waals surface area contributed by atoms with Crippen molar-refractivity contribution in [3.63, 3.8) is 0 Å². The maximum absolute atomic E-state index is 11.7. The zero-order chi connectivity index (χ0) is 13.2. The van der Waals surface area contributed by atoms with Gasteiger partial charge in [-0.15, -0.1) is 0 Å². The molecule has 18 heavy (non-hydrogen) atoms. The van der Waals surface area contributed by atoms with Crippen molar-refractivity contribution in [1.29, 1.82) is 0 Å². The maximum atomic E-state index is 11.7. The smallest absolute Gasteiger partial charge is 0.324 e. The van der Waals surface area contributed by atoms with Gasteiger partial charge >= 0.3 is 5.97 Å². The Hall–Kier alpha value is -0.610. The van der Waals surface area contributed by atoms with Crippen LogP contribution < -0.4 is 5.32 Å². The molecule has 2 rings (SSSR count). The van der Waals surface area contributed by atoms with Gasteiger partial charge in [-0.1, -0.05) is 13.3 Å². The van der Waals surface area contributed by atoms with E-state index in [0.717, 1.165) is 51.6 Å². The van der Waals surface area contributed by atoms with E-state index in [1.54, 1.807) is 0 Å². The van der Waals surface area contributed by atoms with Crippen LogP contribution in [0.1, 0.15) is 45.4 Å². The Morgan fingerprint density at radius 1 is 1.44 bits per heavy atom. The van der Waals surface area contributed by atoms with E-state index >= 15 is 0 Å². The number of carboxylic acid groups (broad SMARTS) is 1. The van der Waals surface area contributed by atoms with E-state index in [1.807, 2.05) is 0 Å². The zero-order valence-corrected chi connectivity index (χ0v) is 11.6. The highest BCUT2D eigenvalue weighted by Gasteiger charge is 2.50. The summed E-state index contributed by atoms with van der Waals surface area (Å²) in [6, 6.07) is 0.464. The predicted molar refractivity (Wildman–Crippen MR) is 71.7 cm³/mol. The average Bonchev–Trinajstić information content (AvgIpc) is 3.05. The van der Waals surface area contributed by atoms with Crippen LogP contribution in [0, 0.1) is 5.92 Å². The Bertz CT molecular complexity index is 304. The number of hydrogen-bond donors (Lipinski definition) is 2. The van der Waals surface area contributed by atoms with Crippen molar-refractivity contribution in [1.82, 2.24) is 10.2 Å². The SMILES string of the molecule is CCN(C)CCC1CCCC1(NC1CC1)C(=O)O. The van der Waals surface area contributed by atoms with E-state index in [4.69, 9.17) is 0 Å². The average molecular weight is 254 g/mol. The van der Waals surface area contributed by atoms with Crippen molar-refractivity contribution in [3.8, 4) is 0 Å². The monoisotopic (exact) mass is 254 g/mol. The van der Waals surface area contributed by atoms with Crippen LogP contribution in [0.25, 0.3) is 0 Å². The first-order valence-electron chi connectivity index (χ1n) is 7.28. The maximum Gasteiger partial charge on any atom is 0.324 e. The first kappa shape index (κ1) is 13.8. The van der Waals surface area contributed by atoms with Gasteiger partial charge in [-0.3, -0.25) is 10.1 Å². The second-order valence-corrected chi connectivity index (χ2v) is 5.97. The largest absolute Gasteiger partial charge is 0.480 e. The molecule has 0 aliphatic heterocycles. The Balaban J connectivity index is 1.99. The van der Waals surface area contributed by atoms with Crippen LogP contribution in [0.5, 0.6) is 0 Å². The molecule has 0 amide bonds. The molecular formula is C14H26N2O2. The molecule has 2 N–H and O–H groups in total. The molecule has 0 saturated heterocycles. The van der Waals surface area contributed by atoms with Gasteiger partial charge in [0.25, 0.3) is 0 Å². The van der Waals surface area contributed by atoms with Crippen LogP contribution >= 0.6 is 0 Å². The lowest BCUT2D eigenvalue weighted by Crippen LogP contribution is -2.56. The summed E-state index contributed by atoms with van der Waals surface area (Å²) in [6.45, 7) is 4.17. The molecule has 2 saturated carbocycles. The van der Waals surface area contributed by atoms with Crippen molar-refractivity contribution < 1.29 is 9.90 Å². The van der Waals surface area contributed by atoms with Crippen LogP contribution in [-0.4, -0.2) is 47.7 Å². The summed E-state index contributed by atoms with van der Waals surface area (Å²) < 4.78 is 0. The lowest BCUT2D eigenvalue weighted by atomic mass is 9.84. The minimum atomic E-state index is -0.629. The number of rotatable bonds is 7. The van der Waals surface area contributed by atoms with E-state index in [2.05, 4.69) is 24.2 Å². The van der Waals surface area contributed by atoms with E-state index in [0.29, 0.717) is 12.0 Å². The topological polar surface area (TPSA) is 52.6 Å². The molecule has 104 valence electrons. The minimum Gasteiger partial charge on any atom is -0.480 e. The molecule has 0 spiro atoms. The first-order chi connectivity index (χ1) is 8.58. The minimum absolute atomic E-state index is 0.296. The van der Waals surface area contributed by atoms with Crippen molar-refractivity contribution >= 4 is 5.97 Å². The normalized spacial score (nSPS) is 32.1. The van der Waals surface area contributed by atoms with Gasteiger partial charge < -0.3 is 10.0 Å². The second kappa shape index (κ2) is 5.57. The van der Waals surface area contributed by atoms with E-state index in [9.17, 15) is 9.90 Å². The highest BCUT2D eigenvalue weighted by molar-refractivity contribution is 5.80. The third-order valence-corrected chi connectivity index (χ3v) is 4.64. The highest BCUT2D eigenvalue weighted by atomic mass is 16.4. The van der Waals surface area contributed by atoms with Crippen molar-refractivity contribution in [2.45, 2.75) is 57.0 Å². The third kappa shape index (κ3) is 2.86. The molecule has 0 bridgehead atoms. The van der Waals surface area contributed by atoms with Gasteiger partial charge in [0.1, 0.15) is 5.54 Å². The van der Waals surface area contributed by atoms with Crippen molar-refractivity contribution in [3.05, 3.63) is 0 Å². The molecular weight excluding hydrogens is 228 g/mol. The molecule has 4 heteroatoms. The van der Waals surface area contributed by atoms with Gasteiger partial charge in [0, 0.05) is 6.04 Å². The molecule has 0 aromatic rings. The predicted octanol–water partition coefficient (Wildman–Crippen LogP) is 1.70. The Morgan fingerprint density at radius 3 is 2.72 bits per heavy atom. The summed E-state index contributed by atoms with van der Waals surface area (Å²) in [5, 5.41) is 13.1. The van der Waals surface area contributed by atoms with Gasteiger partial charge in [0.2, 0.25) is 0 Å². The van der Waals surface area contributed by atoms with E-state index in [-0.39, 0.29) is 0 Å². The number of nitrogens with zero attached hydrogens (tertiary/aromatic N) is 1. The fraction of sp³-hybridized carbons (Fsp3) is 0.929. The number of nitrogens with one attached hydrogen (secondary N) is 1. The van der Waals surface area contributed by atoms with Crippen LogP contribution in [0.15, 0.2) is 0 Å². The Kier molecular flexibility index (Phi) is 4.28. The summed E-state index contributed by atoms with van der Waals surface area (Å²) in [5.41, 5.74) is -0.629.